The minimum atomic E-state index is -0.794. The molecule has 0 unspecified atom stereocenters. The van der Waals surface area contributed by atoms with Crippen LogP contribution in [0, 0.1) is 11.7 Å². The predicted octanol–water partition coefficient (Wildman–Crippen LogP) is 4.27. The molecule has 1 aliphatic carbocycles. The normalized spacial score (nSPS) is 21.5. The Morgan fingerprint density at radius 2 is 1.76 bits per heavy atom. The summed E-state index contributed by atoms with van der Waals surface area (Å²) in [4.78, 5) is 17.8. The number of likely N-dealkylation sites (tertiary alicyclic amines) is 1. The summed E-state index contributed by atoms with van der Waals surface area (Å²) in [5.74, 6) is 0.426. The van der Waals surface area contributed by atoms with Crippen LogP contribution < -0.4 is 15.0 Å². The van der Waals surface area contributed by atoms with Gasteiger partial charge in [-0.1, -0.05) is 24.3 Å². The first-order chi connectivity index (χ1) is 18.0. The largest absolute Gasteiger partial charge is 0.490 e. The van der Waals surface area contributed by atoms with Crippen LogP contribution >= 0.6 is 0 Å². The van der Waals surface area contributed by atoms with Crippen LogP contribution in [0.2, 0.25) is 0 Å². The van der Waals surface area contributed by atoms with Gasteiger partial charge in [-0.25, -0.2) is 4.39 Å². The van der Waals surface area contributed by atoms with E-state index in [1.807, 2.05) is 36.4 Å². The number of fused-ring (bicyclic) bond motifs is 1. The number of ether oxygens (including phenoxy) is 1. The lowest BCUT2D eigenvalue weighted by Crippen LogP contribution is -2.52. The van der Waals surface area contributed by atoms with Gasteiger partial charge in [0, 0.05) is 25.3 Å². The van der Waals surface area contributed by atoms with Crippen molar-refractivity contribution in [3.05, 3.63) is 72.0 Å². The van der Waals surface area contributed by atoms with E-state index in [1.54, 1.807) is 6.07 Å². The quantitative estimate of drug-likeness (QED) is 0.457. The summed E-state index contributed by atoms with van der Waals surface area (Å²) in [6, 6.07) is 18.0. The van der Waals surface area contributed by atoms with E-state index >= 15 is 0 Å². The van der Waals surface area contributed by atoms with Crippen LogP contribution in [0.1, 0.15) is 37.4 Å². The predicted molar refractivity (Wildman–Crippen MR) is 142 cm³/mol. The van der Waals surface area contributed by atoms with E-state index in [0.717, 1.165) is 73.1 Å². The first-order valence-electron chi connectivity index (χ1n) is 13.4. The van der Waals surface area contributed by atoms with Gasteiger partial charge in [0.2, 0.25) is 5.91 Å². The lowest BCUT2D eigenvalue weighted by molar-refractivity contribution is -0.126. The Bertz CT molecular complexity index is 1260. The van der Waals surface area contributed by atoms with Crippen LogP contribution in [0.3, 0.4) is 0 Å². The Balaban J connectivity index is 1.11. The summed E-state index contributed by atoms with van der Waals surface area (Å²) in [5.41, 5.74) is 1.83. The number of aliphatic hydroxyl groups excluding tert-OH is 1. The Kier molecular flexibility index (Phi) is 6.74. The molecule has 3 fully saturated rings. The summed E-state index contributed by atoms with van der Waals surface area (Å²) in [7, 11) is 0. The second kappa shape index (κ2) is 10.3. The molecule has 37 heavy (non-hydrogen) atoms. The minimum absolute atomic E-state index is 0.0105. The first kappa shape index (κ1) is 24.2. The highest BCUT2D eigenvalue weighted by atomic mass is 19.1. The van der Waals surface area contributed by atoms with Gasteiger partial charge in [0.25, 0.3) is 0 Å². The smallest absolute Gasteiger partial charge is 0.225 e. The number of hydrogen-bond donors (Lipinski definition) is 2. The summed E-state index contributed by atoms with van der Waals surface area (Å²) < 4.78 is 19.4. The van der Waals surface area contributed by atoms with Crippen molar-refractivity contribution < 1.29 is 19.0 Å². The average molecular weight is 504 g/mol. The molecule has 2 saturated heterocycles. The number of nitrogens with one attached hydrogen (secondary N) is 1. The standard InChI is InChI=1S/C30H34FN3O3/c31-24-6-2-22-17-25(7-3-21(22)16-24)34-15-12-23(18-34)30(36)32-28(19-33-13-1-14-33)29(35)20-4-8-26(9-5-20)37-27-10-11-27/h2-9,16-17,23,27-29,35H,1,10-15,18-19H2,(H,32,36)/t23-,28+,29+/m0/s1. The van der Waals surface area contributed by atoms with E-state index in [2.05, 4.69) is 21.2 Å². The molecule has 3 aromatic carbocycles. The molecule has 2 aliphatic heterocycles. The summed E-state index contributed by atoms with van der Waals surface area (Å²) in [6.07, 6.45) is 3.66. The zero-order chi connectivity index (χ0) is 25.4. The molecule has 2 heterocycles. The molecule has 6 rings (SSSR count). The molecule has 1 saturated carbocycles. The number of carbonyl (C=O) groups is 1. The van der Waals surface area contributed by atoms with Gasteiger partial charge < -0.3 is 25.0 Å². The highest BCUT2D eigenvalue weighted by molar-refractivity contribution is 5.86. The third-order valence-electron chi connectivity index (χ3n) is 7.87. The number of amides is 1. The molecular weight excluding hydrogens is 469 g/mol. The Hall–Kier alpha value is -3.16. The number of halogens is 1. The number of carbonyl (C=O) groups excluding carboxylic acids is 1. The number of rotatable bonds is 9. The van der Waals surface area contributed by atoms with Gasteiger partial charge in [-0.2, -0.15) is 0 Å². The second-order valence-corrected chi connectivity index (χ2v) is 10.7. The molecule has 3 aliphatic rings. The maximum absolute atomic E-state index is 13.5. The molecule has 1 amide bonds. The minimum Gasteiger partial charge on any atom is -0.490 e. The summed E-state index contributed by atoms with van der Waals surface area (Å²) in [5, 5.41) is 16.3. The van der Waals surface area contributed by atoms with Crippen molar-refractivity contribution in [2.75, 3.05) is 37.6 Å². The fourth-order valence-corrected chi connectivity index (χ4v) is 5.33. The topological polar surface area (TPSA) is 65.0 Å². The van der Waals surface area contributed by atoms with Gasteiger partial charge in [-0.05, 0) is 91.5 Å². The van der Waals surface area contributed by atoms with Crippen LogP contribution in [0.5, 0.6) is 5.75 Å². The SMILES string of the molecule is O=C(N[C@H](CN1CCC1)[C@H](O)c1ccc(OC2CC2)cc1)[C@H]1CCN(c2ccc3cc(F)ccc3c2)C1. The maximum Gasteiger partial charge on any atom is 0.225 e. The molecule has 3 aromatic rings. The highest BCUT2D eigenvalue weighted by Gasteiger charge is 2.33. The van der Waals surface area contributed by atoms with E-state index < -0.39 is 6.10 Å². The molecule has 2 N–H and O–H groups in total. The van der Waals surface area contributed by atoms with Crippen molar-refractivity contribution in [1.82, 2.24) is 10.2 Å². The number of benzene rings is 3. The van der Waals surface area contributed by atoms with Gasteiger partial charge in [0.15, 0.2) is 0 Å². The fourth-order valence-electron chi connectivity index (χ4n) is 5.33. The van der Waals surface area contributed by atoms with Crippen LogP contribution in [0.15, 0.2) is 60.7 Å². The molecule has 0 aromatic heterocycles. The van der Waals surface area contributed by atoms with Crippen LogP contribution in [0.25, 0.3) is 10.8 Å². The third-order valence-corrected chi connectivity index (χ3v) is 7.87. The zero-order valence-electron chi connectivity index (χ0n) is 21.0. The van der Waals surface area contributed by atoms with Gasteiger partial charge in [0.1, 0.15) is 17.7 Å². The average Bonchev–Trinajstić information content (AvgIpc) is 3.55. The Morgan fingerprint density at radius 1 is 1.00 bits per heavy atom. The molecule has 6 nitrogen and oxygen atoms in total. The molecule has 3 atom stereocenters. The maximum atomic E-state index is 13.5. The van der Waals surface area contributed by atoms with Crippen molar-refractivity contribution >= 4 is 22.4 Å². The Labute approximate surface area is 217 Å². The fraction of sp³-hybridized carbons (Fsp3) is 0.433. The molecule has 0 spiro atoms. The number of nitrogens with zero attached hydrogens (tertiary/aromatic N) is 2. The lowest BCUT2D eigenvalue weighted by Gasteiger charge is -2.36. The van der Waals surface area contributed by atoms with Crippen molar-refractivity contribution in [2.45, 2.75) is 43.9 Å². The van der Waals surface area contributed by atoms with Crippen LogP contribution in [-0.4, -0.2) is 60.8 Å². The van der Waals surface area contributed by atoms with Crippen molar-refractivity contribution in [1.29, 1.82) is 0 Å². The van der Waals surface area contributed by atoms with Gasteiger partial charge in [-0.15, -0.1) is 0 Å². The van der Waals surface area contributed by atoms with Gasteiger partial charge in [-0.3, -0.25) is 4.79 Å². The van der Waals surface area contributed by atoms with Crippen LogP contribution in [0.4, 0.5) is 10.1 Å². The lowest BCUT2D eigenvalue weighted by atomic mass is 9.99. The van der Waals surface area contributed by atoms with Gasteiger partial charge in [0.05, 0.1) is 18.1 Å². The Morgan fingerprint density at radius 3 is 2.49 bits per heavy atom. The van der Waals surface area contributed by atoms with E-state index in [1.165, 1.54) is 12.1 Å². The van der Waals surface area contributed by atoms with Gasteiger partial charge >= 0.3 is 0 Å². The second-order valence-electron chi connectivity index (χ2n) is 10.7. The van der Waals surface area contributed by atoms with Crippen molar-refractivity contribution in [3.63, 3.8) is 0 Å². The van der Waals surface area contributed by atoms with E-state index in [9.17, 15) is 14.3 Å². The molecule has 0 radical (unpaired) electrons. The van der Waals surface area contributed by atoms with E-state index in [4.69, 9.17) is 4.74 Å². The first-order valence-corrected chi connectivity index (χ1v) is 13.4. The van der Waals surface area contributed by atoms with E-state index in [-0.39, 0.29) is 23.7 Å². The summed E-state index contributed by atoms with van der Waals surface area (Å²) in [6.45, 7) is 4.03. The summed E-state index contributed by atoms with van der Waals surface area (Å²) >= 11 is 0. The number of anilines is 1. The molecular formula is C30H34FN3O3. The van der Waals surface area contributed by atoms with Crippen molar-refractivity contribution in [2.24, 2.45) is 5.92 Å². The number of hydrogen-bond acceptors (Lipinski definition) is 5. The molecule has 7 heteroatoms. The molecule has 194 valence electrons. The zero-order valence-corrected chi connectivity index (χ0v) is 21.0. The van der Waals surface area contributed by atoms with Crippen molar-refractivity contribution in [3.8, 4) is 5.75 Å². The number of aliphatic hydroxyl groups is 1. The van der Waals surface area contributed by atoms with Crippen LogP contribution in [-0.2, 0) is 4.79 Å². The van der Waals surface area contributed by atoms with E-state index in [0.29, 0.717) is 19.2 Å². The third kappa shape index (κ3) is 5.58. The monoisotopic (exact) mass is 503 g/mol. The highest BCUT2D eigenvalue weighted by Crippen LogP contribution is 2.30. The molecule has 0 bridgehead atoms.